The second kappa shape index (κ2) is 6.99. The third kappa shape index (κ3) is 5.21. The number of rotatable bonds is 6. The normalized spacial score (nSPS) is 11.9. The van der Waals surface area contributed by atoms with Crippen molar-refractivity contribution < 1.29 is 14.3 Å². The lowest BCUT2D eigenvalue weighted by Gasteiger charge is -2.28. The Balaban J connectivity index is 2.81. The van der Waals surface area contributed by atoms with Gasteiger partial charge < -0.3 is 9.47 Å². The quantitative estimate of drug-likeness (QED) is 0.569. The Morgan fingerprint density at radius 3 is 2.27 bits per heavy atom. The minimum atomic E-state index is -0.533. The summed E-state index contributed by atoms with van der Waals surface area (Å²) in [6.07, 6.45) is 1.47. The average Bonchev–Trinajstić information content (AvgIpc) is 2.43. The number of hydrogen-bond acceptors (Lipinski definition) is 3. The van der Waals surface area contributed by atoms with Crippen LogP contribution in [0, 0.1) is 5.41 Å². The zero-order valence-electron chi connectivity index (χ0n) is 14.7. The predicted octanol–water partition coefficient (Wildman–Crippen LogP) is 4.60. The highest BCUT2D eigenvalue weighted by molar-refractivity contribution is 5.76. The van der Waals surface area contributed by atoms with E-state index in [0.29, 0.717) is 12.2 Å². The first-order valence-electron chi connectivity index (χ1n) is 7.61. The molecule has 0 fully saturated rings. The lowest BCUT2D eigenvalue weighted by Crippen LogP contribution is -2.34. The van der Waals surface area contributed by atoms with E-state index in [4.69, 9.17) is 9.47 Å². The molecule has 22 heavy (non-hydrogen) atoms. The van der Waals surface area contributed by atoms with Crippen LogP contribution in [0.4, 0.5) is 0 Å². The Morgan fingerprint density at radius 1 is 1.14 bits per heavy atom. The Morgan fingerprint density at radius 2 is 1.73 bits per heavy atom. The van der Waals surface area contributed by atoms with E-state index in [1.807, 2.05) is 58.9 Å². The van der Waals surface area contributed by atoms with Crippen molar-refractivity contribution in [3.8, 4) is 0 Å². The van der Waals surface area contributed by atoms with Gasteiger partial charge in [-0.3, -0.25) is 4.79 Å². The maximum atomic E-state index is 12.3. The van der Waals surface area contributed by atoms with Crippen molar-refractivity contribution in [1.29, 1.82) is 0 Å². The minimum Gasteiger partial charge on any atom is -0.497 e. The van der Waals surface area contributed by atoms with Gasteiger partial charge in [-0.05, 0) is 53.0 Å². The smallest absolute Gasteiger partial charge is 0.312 e. The van der Waals surface area contributed by atoms with Gasteiger partial charge in [0, 0.05) is 5.56 Å². The first-order chi connectivity index (χ1) is 10.1. The third-order valence-electron chi connectivity index (χ3n) is 3.53. The molecule has 0 saturated carbocycles. The summed E-state index contributed by atoms with van der Waals surface area (Å²) in [5.74, 6) is 0.480. The van der Waals surface area contributed by atoms with Crippen LogP contribution in [0.1, 0.15) is 52.2 Å². The lowest BCUT2D eigenvalue weighted by molar-refractivity contribution is -0.166. The van der Waals surface area contributed by atoms with Gasteiger partial charge in [0.25, 0.3) is 0 Å². The van der Waals surface area contributed by atoms with Gasteiger partial charge in [-0.1, -0.05) is 30.8 Å². The Kier molecular flexibility index (Phi) is 5.81. The molecule has 3 nitrogen and oxygen atoms in total. The highest BCUT2D eigenvalue weighted by atomic mass is 16.6. The number of ether oxygens (including phenoxy) is 2. The van der Waals surface area contributed by atoms with Crippen LogP contribution in [-0.4, -0.2) is 18.7 Å². The van der Waals surface area contributed by atoms with E-state index in [1.54, 1.807) is 7.11 Å². The van der Waals surface area contributed by atoms with Gasteiger partial charge in [0.15, 0.2) is 0 Å². The van der Waals surface area contributed by atoms with Gasteiger partial charge in [0.1, 0.15) is 11.4 Å². The Bertz CT molecular complexity index is 536. The van der Waals surface area contributed by atoms with Crippen LogP contribution in [0.25, 0.3) is 5.76 Å². The number of esters is 1. The fourth-order valence-corrected chi connectivity index (χ4v) is 2.09. The monoisotopic (exact) mass is 304 g/mol. The molecule has 0 aliphatic heterocycles. The Labute approximate surface area is 134 Å². The van der Waals surface area contributed by atoms with Gasteiger partial charge >= 0.3 is 5.97 Å². The molecule has 0 unspecified atom stereocenters. The van der Waals surface area contributed by atoms with E-state index >= 15 is 0 Å². The van der Waals surface area contributed by atoms with Gasteiger partial charge in [-0.25, -0.2) is 0 Å². The number of hydrogen-bond donors (Lipinski definition) is 0. The highest BCUT2D eigenvalue weighted by Gasteiger charge is 2.32. The molecule has 1 rings (SSSR count). The fraction of sp³-hybridized carbons (Fsp3) is 0.526. The molecule has 0 radical (unpaired) electrons. The molecule has 122 valence electrons. The van der Waals surface area contributed by atoms with Crippen molar-refractivity contribution >= 4 is 11.7 Å². The molecule has 0 aliphatic carbocycles. The molecule has 1 aromatic carbocycles. The molecule has 0 amide bonds. The van der Waals surface area contributed by atoms with E-state index in [2.05, 4.69) is 6.58 Å². The zero-order chi connectivity index (χ0) is 17.0. The molecular formula is C19H28O3. The highest BCUT2D eigenvalue weighted by Crippen LogP contribution is 2.29. The number of carbonyl (C=O) groups is 1. The topological polar surface area (TPSA) is 35.5 Å². The minimum absolute atomic E-state index is 0.164. The van der Waals surface area contributed by atoms with Gasteiger partial charge in [-0.15, -0.1) is 0 Å². The van der Waals surface area contributed by atoms with Crippen molar-refractivity contribution in [2.24, 2.45) is 5.41 Å². The summed E-state index contributed by atoms with van der Waals surface area (Å²) in [4.78, 5) is 12.3. The zero-order valence-corrected chi connectivity index (χ0v) is 14.7. The second-order valence-corrected chi connectivity index (χ2v) is 7.17. The molecule has 0 aliphatic rings. The van der Waals surface area contributed by atoms with Crippen LogP contribution in [0.2, 0.25) is 0 Å². The largest absolute Gasteiger partial charge is 0.497 e. The summed E-state index contributed by atoms with van der Waals surface area (Å²) in [6, 6.07) is 7.98. The lowest BCUT2D eigenvalue weighted by atomic mass is 9.85. The summed E-state index contributed by atoms with van der Waals surface area (Å²) in [5.41, 5.74) is 1.13. The summed E-state index contributed by atoms with van der Waals surface area (Å²) < 4.78 is 10.7. The summed E-state index contributed by atoms with van der Waals surface area (Å²) in [7, 11) is 1.61. The van der Waals surface area contributed by atoms with Crippen LogP contribution in [0.15, 0.2) is 30.8 Å². The van der Waals surface area contributed by atoms with Crippen LogP contribution >= 0.6 is 0 Å². The molecule has 1 aromatic rings. The van der Waals surface area contributed by atoms with Crippen molar-refractivity contribution in [2.45, 2.75) is 53.1 Å². The van der Waals surface area contributed by atoms with E-state index in [0.717, 1.165) is 17.5 Å². The van der Waals surface area contributed by atoms with Crippen molar-refractivity contribution in [3.05, 3.63) is 42.0 Å². The van der Waals surface area contributed by atoms with Crippen LogP contribution < -0.4 is 0 Å². The summed E-state index contributed by atoms with van der Waals surface area (Å²) in [6.45, 7) is 13.4. The first-order valence-corrected chi connectivity index (χ1v) is 7.61. The van der Waals surface area contributed by atoms with Crippen molar-refractivity contribution in [1.82, 2.24) is 0 Å². The molecule has 0 heterocycles. The number of aryl methyl sites for hydroxylation is 1. The molecule has 0 saturated heterocycles. The van der Waals surface area contributed by atoms with Crippen LogP contribution in [0.3, 0.4) is 0 Å². The van der Waals surface area contributed by atoms with Gasteiger partial charge in [0.05, 0.1) is 12.5 Å². The van der Waals surface area contributed by atoms with Crippen LogP contribution in [-0.2, 0) is 20.7 Å². The number of benzene rings is 1. The SMILES string of the molecule is C=C(OC)c1ccccc1CCC(C)(C)C(=O)OC(C)(C)C. The number of carbonyl (C=O) groups excluding carboxylic acids is 1. The Hall–Kier alpha value is -1.77. The molecular weight excluding hydrogens is 276 g/mol. The summed E-state index contributed by atoms with van der Waals surface area (Å²) in [5, 5.41) is 0. The van der Waals surface area contributed by atoms with E-state index in [9.17, 15) is 4.79 Å². The standard InChI is InChI=1S/C19H28O3/c1-14(21-7)16-11-9-8-10-15(16)12-13-19(5,6)17(20)22-18(2,3)4/h8-11H,1,12-13H2,2-7H3. The van der Waals surface area contributed by atoms with Crippen molar-refractivity contribution in [3.63, 3.8) is 0 Å². The van der Waals surface area contributed by atoms with E-state index in [1.165, 1.54) is 0 Å². The molecule has 0 bridgehead atoms. The van der Waals surface area contributed by atoms with Crippen molar-refractivity contribution in [2.75, 3.05) is 7.11 Å². The number of methoxy groups -OCH3 is 1. The molecule has 0 N–H and O–H groups in total. The van der Waals surface area contributed by atoms with Gasteiger partial charge in [-0.2, -0.15) is 0 Å². The molecule has 3 heteroatoms. The maximum Gasteiger partial charge on any atom is 0.312 e. The maximum absolute atomic E-state index is 12.3. The third-order valence-corrected chi connectivity index (χ3v) is 3.53. The average molecular weight is 304 g/mol. The fourth-order valence-electron chi connectivity index (χ4n) is 2.09. The predicted molar refractivity (Wildman–Crippen MR) is 90.4 cm³/mol. The molecule has 0 spiro atoms. The first kappa shape index (κ1) is 18.3. The molecule has 0 atom stereocenters. The van der Waals surface area contributed by atoms with E-state index in [-0.39, 0.29) is 5.97 Å². The molecule has 0 aromatic heterocycles. The summed E-state index contributed by atoms with van der Waals surface area (Å²) >= 11 is 0. The van der Waals surface area contributed by atoms with E-state index < -0.39 is 11.0 Å². The second-order valence-electron chi connectivity index (χ2n) is 7.17. The van der Waals surface area contributed by atoms with Crippen LogP contribution in [0.5, 0.6) is 0 Å². The van der Waals surface area contributed by atoms with Gasteiger partial charge in [0.2, 0.25) is 0 Å².